The van der Waals surface area contributed by atoms with Crippen LogP contribution in [0.5, 0.6) is 0 Å². The van der Waals surface area contributed by atoms with Gasteiger partial charge in [0.25, 0.3) is 0 Å². The summed E-state index contributed by atoms with van der Waals surface area (Å²) in [6, 6.07) is 13.2. The molecule has 29 nitrogen and oxygen atoms in total. The van der Waals surface area contributed by atoms with E-state index >= 15 is 0 Å². The number of rotatable bonds is 76. The number of fused-ring (bicyclic) bond motifs is 2. The Bertz CT molecular complexity index is 3410. The molecule has 6 heterocycles. The molecule has 8 aliphatic rings. The summed E-state index contributed by atoms with van der Waals surface area (Å²) in [5.74, 6) is 1.12. The lowest BCUT2D eigenvalue weighted by Crippen LogP contribution is -2.52. The lowest BCUT2D eigenvalue weighted by Gasteiger charge is -2.41. The van der Waals surface area contributed by atoms with E-state index in [0.29, 0.717) is 87.4 Å². The number of hydrogen-bond acceptors (Lipinski definition) is 29. The van der Waals surface area contributed by atoms with Crippen molar-refractivity contribution >= 4 is 137 Å². The van der Waals surface area contributed by atoms with Crippen LogP contribution in [0.1, 0.15) is 143 Å². The van der Waals surface area contributed by atoms with Crippen molar-refractivity contribution < 1.29 is 123 Å². The first-order valence-electron chi connectivity index (χ1n) is 57.2. The number of hydrogen-bond donors (Lipinski definition) is 4. The summed E-state index contributed by atoms with van der Waals surface area (Å²) in [5, 5.41) is 17.4. The van der Waals surface area contributed by atoms with Crippen LogP contribution < -0.4 is 11.5 Å². The molecule has 0 aromatic carbocycles. The van der Waals surface area contributed by atoms with Crippen molar-refractivity contribution in [3.05, 3.63) is 24.3 Å². The van der Waals surface area contributed by atoms with Gasteiger partial charge in [-0.25, -0.2) is 9.59 Å². The van der Waals surface area contributed by atoms with Crippen LogP contribution >= 0.6 is 0 Å². The topological polar surface area (TPSA) is 352 Å². The van der Waals surface area contributed by atoms with Gasteiger partial charge in [0.1, 0.15) is 12.2 Å². The second-order valence-electron chi connectivity index (χ2n) is 52.4. The first-order chi connectivity index (χ1) is 68.5. The third-order valence-corrected chi connectivity index (χ3v) is 84.7. The number of aliphatic hydroxyl groups is 2. The Kier molecular flexibility index (Phi) is 65.9. The Hall–Kier alpha value is 0.673. The van der Waals surface area contributed by atoms with Gasteiger partial charge < -0.3 is 125 Å². The van der Waals surface area contributed by atoms with Crippen LogP contribution in [0.4, 0.5) is 0 Å². The quantitative estimate of drug-likeness (QED) is 0.0144. The zero-order valence-corrected chi connectivity index (χ0v) is 116. The number of ether oxygens (including phenoxy) is 14. The lowest BCUT2D eigenvalue weighted by molar-refractivity contribution is -0.149. The number of carbonyl (C=O) groups excluding carboxylic acids is 2. The summed E-state index contributed by atoms with van der Waals surface area (Å²) in [4.78, 5) is 22.9. The maximum absolute atomic E-state index is 11.4. The molecule has 876 valence electrons. The average molecular weight is 2360 g/mol. The monoisotopic (exact) mass is 2360 g/mol. The van der Waals surface area contributed by atoms with Crippen LogP contribution in [0.3, 0.4) is 0 Å². The van der Waals surface area contributed by atoms with Gasteiger partial charge in [0, 0.05) is 61.6 Å². The van der Waals surface area contributed by atoms with Gasteiger partial charge in [-0.05, 0) is 410 Å². The first kappa shape index (κ1) is 143. The molecule has 0 aromatic rings. The zero-order chi connectivity index (χ0) is 112. The van der Waals surface area contributed by atoms with Crippen molar-refractivity contribution in [2.75, 3.05) is 158 Å². The third kappa shape index (κ3) is 70.1. The summed E-state index contributed by atoms with van der Waals surface area (Å²) in [6.07, 6.45) is 24.1. The van der Waals surface area contributed by atoms with E-state index in [1.54, 1.807) is 13.8 Å². The van der Waals surface area contributed by atoms with E-state index in [1.165, 1.54) is 75.5 Å². The number of esters is 2. The number of nitrogens with two attached hydrogens (primary N) is 2. The van der Waals surface area contributed by atoms with Crippen LogP contribution in [-0.2, 0) is 113 Å². The van der Waals surface area contributed by atoms with Crippen molar-refractivity contribution in [1.82, 2.24) is 0 Å². The van der Waals surface area contributed by atoms with E-state index in [2.05, 4.69) is 223 Å². The highest BCUT2D eigenvalue weighted by molar-refractivity contribution is 6.90. The lowest BCUT2D eigenvalue weighted by atomic mass is 9.84. The van der Waals surface area contributed by atoms with Gasteiger partial charge in [-0.2, -0.15) is 0 Å². The summed E-state index contributed by atoms with van der Waals surface area (Å²) < 4.78 is 136. The van der Waals surface area contributed by atoms with Crippen LogP contribution in [-0.4, -0.2) is 343 Å². The number of epoxide rings is 4. The third-order valence-electron chi connectivity index (χ3n) is 28.1. The van der Waals surface area contributed by atoms with Gasteiger partial charge in [-0.3, -0.25) is 0 Å². The van der Waals surface area contributed by atoms with E-state index in [9.17, 15) is 9.59 Å². The van der Waals surface area contributed by atoms with E-state index in [-0.39, 0.29) is 36.0 Å². The molecule has 2 aliphatic carbocycles. The molecule has 8 unspecified atom stereocenters. The molecular formula is C104H228N2O27Si15. The van der Waals surface area contributed by atoms with Gasteiger partial charge in [0.05, 0.1) is 130 Å². The Labute approximate surface area is 919 Å². The van der Waals surface area contributed by atoms with Crippen molar-refractivity contribution in [2.45, 2.75) is 449 Å². The molecule has 8 atom stereocenters. The molecular weight excluding hydrogens is 2130 g/mol. The van der Waals surface area contributed by atoms with E-state index < -0.39 is 125 Å². The van der Waals surface area contributed by atoms with E-state index in [4.69, 9.17) is 125 Å². The fraction of sp³-hybridized carbons (Fsp3) is 0.942. The summed E-state index contributed by atoms with van der Waals surface area (Å²) in [7, 11) is -26.8. The average Bonchev–Trinajstić information content (AvgIpc) is 1.65. The zero-order valence-electron chi connectivity index (χ0n) is 101. The molecule has 0 bridgehead atoms. The Morgan fingerprint density at radius 2 is 0.568 bits per heavy atom. The van der Waals surface area contributed by atoms with Crippen LogP contribution in [0, 0.1) is 22.7 Å². The number of aliphatic hydroxyl groups excluding tert-OH is 2. The fourth-order valence-electron chi connectivity index (χ4n) is 20.4. The fourth-order valence-corrected chi connectivity index (χ4v) is 88.4. The van der Waals surface area contributed by atoms with E-state index in [1.807, 2.05) is 0 Å². The summed E-state index contributed by atoms with van der Waals surface area (Å²) >= 11 is 0. The highest BCUT2D eigenvalue weighted by Gasteiger charge is 2.49. The molecule has 0 amide bonds. The van der Waals surface area contributed by atoms with Gasteiger partial charge >= 0.3 is 37.6 Å². The van der Waals surface area contributed by atoms with Crippen LogP contribution in [0.15, 0.2) is 24.3 Å². The predicted octanol–water partition coefficient (Wildman–Crippen LogP) is 23.6. The Morgan fingerprint density at radius 1 is 0.318 bits per heavy atom. The molecule has 2 saturated carbocycles. The van der Waals surface area contributed by atoms with Gasteiger partial charge in [0.15, 0.2) is 99.8 Å². The highest BCUT2D eigenvalue weighted by atomic mass is 28.5. The maximum Gasteiger partial charge on any atom is 0.333 e. The largest absolute Gasteiger partial charge is 0.462 e. The maximum atomic E-state index is 11.4. The standard InChI is InChI=1S/C20H40O6Si3.C20H42O5Si2.C20H38O3Si2.C16H40O6Si3.C16H34O5Si2.C12H34N2O2Si3/c1-17(2)19(21)23-13-11-15-27(5,6)25-29(9,10)26-28(7,8)16-12-14-24-20(22)18(3)4;1-7-19(15-23-16-19)13-21-9-11-26(3,4)25-27(5,6)12-10-22-14-20(8-2)17-24-18-20;1-24(2,11-9-15-5-7-17-19(13-15)21-17)23-25(3,4)12-10-16-6-8-18-20(14-16)22-18;1-23(2,15-7-11-19-13-9-17)21-25(5,6)22-24(3,4)16-8-12-20-14-10-18;1-22(2,9-5-7-17-11-15-13-19-15)21-23(3,4)10-6-8-18-12-16-14-20-16;1-17(2,11-7-9-13)15-19(5,6)16-18(3,4)12-8-10-14/h1,3,11-16H2,2,4-10H3;7-18H2,1-6H3;15-20H,5-14H2,1-4H3;17-18H,7-16H2,1-6H3;15-16H,5-14H2,1-4H3;7-14H2,1-6H3. The van der Waals surface area contributed by atoms with Crippen molar-refractivity contribution in [3.63, 3.8) is 0 Å². The second-order valence-corrected chi connectivity index (χ2v) is 116. The van der Waals surface area contributed by atoms with Crippen molar-refractivity contribution in [3.8, 4) is 0 Å². The predicted molar refractivity (Wildman–Crippen MR) is 643 cm³/mol. The van der Waals surface area contributed by atoms with Gasteiger partial charge in [-0.1, -0.05) is 39.8 Å². The van der Waals surface area contributed by atoms with Crippen LogP contribution in [0.2, 0.25) is 269 Å². The molecule has 148 heavy (non-hydrogen) atoms. The highest BCUT2D eigenvalue weighted by Crippen LogP contribution is 2.45. The molecule has 6 aliphatic heterocycles. The molecule has 0 aromatic heterocycles. The smallest absolute Gasteiger partial charge is 0.333 e. The summed E-state index contributed by atoms with van der Waals surface area (Å²) in [6.45, 7) is 99.3. The minimum Gasteiger partial charge on any atom is -0.462 e. The summed E-state index contributed by atoms with van der Waals surface area (Å²) in [5.41, 5.74) is 12.6. The van der Waals surface area contributed by atoms with Crippen molar-refractivity contribution in [2.24, 2.45) is 34.1 Å². The molecule has 0 spiro atoms. The molecule has 44 heteroatoms. The second kappa shape index (κ2) is 68.3. The number of carbonyl (C=O) groups is 2. The SMILES string of the molecule is C=C(C)C(=O)OCCC[Si](C)(C)O[Si](C)(C)O[Si](C)(C)CCCOC(=O)C(=C)C.CCC1(COCC[Si](C)(C)O[Si](C)(C)CCOCC2(CC)COC2)COC1.C[Si](C)(CCC1CCC2OC2C1)O[Si](C)(C)CCC1CCC2OC2C1.C[Si](C)(CCCN)O[Si](C)(C)O[Si](C)(C)CCCN.C[Si](C)(CCCOCC1CO1)O[Si](C)(C)CCCOCC1CO1.C[Si](C)(CCCOCCO)O[Si](C)(C)O[Si](C)(C)CCCOCCO. The minimum atomic E-state index is -2.29. The van der Waals surface area contributed by atoms with Gasteiger partial charge in [-0.15, -0.1) is 0 Å². The normalized spacial score (nSPS) is 21.0. The Morgan fingerprint density at radius 3 is 0.804 bits per heavy atom. The van der Waals surface area contributed by atoms with E-state index in [0.717, 1.165) is 230 Å². The van der Waals surface area contributed by atoms with Crippen molar-refractivity contribution in [1.29, 1.82) is 0 Å². The Balaban J connectivity index is 0.000000458. The molecule has 6 N–H and O–H groups in total. The molecule has 8 fully saturated rings. The minimum absolute atomic E-state index is 0.0792. The van der Waals surface area contributed by atoms with Gasteiger partial charge in [0.2, 0.25) is 0 Å². The molecule has 6 saturated heterocycles. The molecule has 8 rings (SSSR count). The molecule has 0 radical (unpaired) electrons. The first-order valence-corrected chi connectivity index (χ1v) is 103. The van der Waals surface area contributed by atoms with Crippen LogP contribution in [0.25, 0.3) is 0 Å².